The van der Waals surface area contributed by atoms with Gasteiger partial charge in [0.05, 0.1) is 12.5 Å². The molecule has 1 aromatic carbocycles. The minimum Gasteiger partial charge on any atom is -0.466 e. The zero-order valence-corrected chi connectivity index (χ0v) is 14.2. The highest BCUT2D eigenvalue weighted by molar-refractivity contribution is 6.32. The van der Waals surface area contributed by atoms with Crippen LogP contribution < -0.4 is 4.90 Å². The number of nitrogens with zero attached hydrogens (tertiary/aromatic N) is 2. The molecule has 0 spiro atoms. The number of hydrogen-bond donors (Lipinski definition) is 0. The maximum absolute atomic E-state index is 11.8. The number of oxazole rings is 1. The van der Waals surface area contributed by atoms with Crippen molar-refractivity contribution in [3.8, 4) is 0 Å². The van der Waals surface area contributed by atoms with E-state index in [0.29, 0.717) is 12.6 Å². The minimum absolute atomic E-state index is 0.0169. The number of benzene rings is 1. The van der Waals surface area contributed by atoms with Gasteiger partial charge in [-0.1, -0.05) is 18.5 Å². The molecule has 124 valence electrons. The highest BCUT2D eigenvalue weighted by atomic mass is 35.5. The molecule has 2 aromatic rings. The number of fused-ring (bicyclic) bond motifs is 1. The molecule has 0 radical (unpaired) electrons. The van der Waals surface area contributed by atoms with Crippen LogP contribution >= 0.6 is 11.6 Å². The largest absolute Gasteiger partial charge is 0.466 e. The van der Waals surface area contributed by atoms with E-state index < -0.39 is 0 Å². The summed E-state index contributed by atoms with van der Waals surface area (Å²) in [6.45, 7) is 5.81. The molecule has 1 saturated heterocycles. The molecule has 0 saturated carbocycles. The lowest BCUT2D eigenvalue weighted by Gasteiger charge is -2.29. The molecule has 0 aliphatic carbocycles. The Hall–Kier alpha value is -1.75. The summed E-state index contributed by atoms with van der Waals surface area (Å²) in [6.07, 6.45) is 2.38. The first-order chi connectivity index (χ1) is 11.1. The summed E-state index contributed by atoms with van der Waals surface area (Å²) in [4.78, 5) is 18.4. The third-order valence-electron chi connectivity index (χ3n) is 4.31. The van der Waals surface area contributed by atoms with E-state index >= 15 is 0 Å². The van der Waals surface area contributed by atoms with Crippen LogP contribution in [-0.2, 0) is 16.0 Å². The maximum atomic E-state index is 11.8. The predicted molar refractivity (Wildman–Crippen MR) is 90.0 cm³/mol. The van der Waals surface area contributed by atoms with Crippen molar-refractivity contribution < 1.29 is 13.9 Å². The molecule has 0 atom stereocenters. The monoisotopic (exact) mass is 336 g/mol. The number of aromatic nitrogens is 1. The number of ether oxygens (including phenoxy) is 1. The second-order valence-electron chi connectivity index (χ2n) is 5.77. The van der Waals surface area contributed by atoms with E-state index in [2.05, 4.69) is 16.8 Å². The SMILES string of the molecule is CCOC(=O)C1CCN(c2nc3cc(Cl)c(CC)cc3o2)CC1. The van der Waals surface area contributed by atoms with Crippen molar-refractivity contribution >= 4 is 34.7 Å². The fourth-order valence-corrected chi connectivity index (χ4v) is 3.24. The molecule has 1 aliphatic heterocycles. The predicted octanol–water partition coefficient (Wildman–Crippen LogP) is 3.82. The molecule has 5 nitrogen and oxygen atoms in total. The molecule has 0 amide bonds. The number of hydrogen-bond acceptors (Lipinski definition) is 5. The molecule has 3 rings (SSSR count). The fraction of sp³-hybridized carbons (Fsp3) is 0.529. The molecular weight excluding hydrogens is 316 g/mol. The molecule has 1 aliphatic rings. The molecule has 23 heavy (non-hydrogen) atoms. The Kier molecular flexibility index (Phi) is 4.76. The zero-order valence-electron chi connectivity index (χ0n) is 13.5. The van der Waals surface area contributed by atoms with Gasteiger partial charge in [0, 0.05) is 18.1 Å². The van der Waals surface area contributed by atoms with Crippen LogP contribution in [0.15, 0.2) is 16.5 Å². The molecule has 1 aromatic heterocycles. The number of carbonyl (C=O) groups is 1. The Bertz CT molecular complexity index is 705. The third kappa shape index (κ3) is 3.29. The number of halogens is 1. The Labute approximate surface area is 140 Å². The zero-order chi connectivity index (χ0) is 16.4. The van der Waals surface area contributed by atoms with Gasteiger partial charge in [0.25, 0.3) is 6.01 Å². The van der Waals surface area contributed by atoms with Gasteiger partial charge in [-0.2, -0.15) is 4.98 Å². The Balaban J connectivity index is 1.73. The van der Waals surface area contributed by atoms with Crippen LogP contribution in [0.25, 0.3) is 11.1 Å². The Morgan fingerprint density at radius 1 is 1.39 bits per heavy atom. The smallest absolute Gasteiger partial charge is 0.309 e. The Morgan fingerprint density at radius 2 is 2.13 bits per heavy atom. The summed E-state index contributed by atoms with van der Waals surface area (Å²) >= 11 is 6.24. The van der Waals surface area contributed by atoms with Crippen LogP contribution in [0.4, 0.5) is 6.01 Å². The van der Waals surface area contributed by atoms with E-state index in [-0.39, 0.29) is 11.9 Å². The maximum Gasteiger partial charge on any atom is 0.309 e. The van der Waals surface area contributed by atoms with Gasteiger partial charge in [-0.3, -0.25) is 4.79 Å². The lowest BCUT2D eigenvalue weighted by Crippen LogP contribution is -2.37. The first-order valence-electron chi connectivity index (χ1n) is 8.13. The lowest BCUT2D eigenvalue weighted by molar-refractivity contribution is -0.148. The number of anilines is 1. The van der Waals surface area contributed by atoms with Crippen LogP contribution in [0.2, 0.25) is 5.02 Å². The topological polar surface area (TPSA) is 55.6 Å². The van der Waals surface area contributed by atoms with Crippen LogP contribution in [0.3, 0.4) is 0 Å². The third-order valence-corrected chi connectivity index (χ3v) is 4.66. The average molecular weight is 337 g/mol. The summed E-state index contributed by atoms with van der Waals surface area (Å²) in [7, 11) is 0. The highest BCUT2D eigenvalue weighted by Gasteiger charge is 2.28. The van der Waals surface area contributed by atoms with Crippen LogP contribution in [0.1, 0.15) is 32.3 Å². The molecule has 0 unspecified atom stereocenters. The molecule has 0 bridgehead atoms. The van der Waals surface area contributed by atoms with Gasteiger partial charge in [0.2, 0.25) is 0 Å². The van der Waals surface area contributed by atoms with Crippen LogP contribution in [0, 0.1) is 5.92 Å². The van der Waals surface area contributed by atoms with E-state index in [1.165, 1.54) is 0 Å². The first-order valence-corrected chi connectivity index (χ1v) is 8.50. The van der Waals surface area contributed by atoms with Gasteiger partial charge in [-0.15, -0.1) is 0 Å². The number of esters is 1. The van der Waals surface area contributed by atoms with Crippen molar-refractivity contribution in [2.24, 2.45) is 5.92 Å². The van der Waals surface area contributed by atoms with Crippen molar-refractivity contribution in [3.63, 3.8) is 0 Å². The molecule has 1 fully saturated rings. The highest BCUT2D eigenvalue weighted by Crippen LogP contribution is 2.30. The second-order valence-corrected chi connectivity index (χ2v) is 6.18. The first kappa shape index (κ1) is 16.1. The van der Waals surface area contributed by atoms with E-state index in [0.717, 1.165) is 54.0 Å². The minimum atomic E-state index is -0.0934. The van der Waals surface area contributed by atoms with E-state index in [4.69, 9.17) is 20.8 Å². The van der Waals surface area contributed by atoms with Crippen molar-refractivity contribution in [3.05, 3.63) is 22.7 Å². The van der Waals surface area contributed by atoms with Gasteiger partial charge in [-0.25, -0.2) is 0 Å². The van der Waals surface area contributed by atoms with E-state index in [1.54, 1.807) is 0 Å². The van der Waals surface area contributed by atoms with Crippen molar-refractivity contribution in [2.45, 2.75) is 33.1 Å². The van der Waals surface area contributed by atoms with Gasteiger partial charge in [0.1, 0.15) is 5.52 Å². The molecule has 0 N–H and O–H groups in total. The number of carbonyl (C=O) groups excluding carboxylic acids is 1. The van der Waals surface area contributed by atoms with Gasteiger partial charge in [-0.05, 0) is 43.9 Å². The van der Waals surface area contributed by atoms with E-state index in [9.17, 15) is 4.79 Å². The van der Waals surface area contributed by atoms with Gasteiger partial charge in [0.15, 0.2) is 5.58 Å². The summed E-state index contributed by atoms with van der Waals surface area (Å²) < 4.78 is 11.0. The Morgan fingerprint density at radius 3 is 2.78 bits per heavy atom. The number of rotatable bonds is 4. The summed E-state index contributed by atoms with van der Waals surface area (Å²) in [5.41, 5.74) is 2.59. The normalized spacial score (nSPS) is 16.0. The summed E-state index contributed by atoms with van der Waals surface area (Å²) in [6, 6.07) is 4.42. The molecule has 2 heterocycles. The molecular formula is C17H21ClN2O3. The van der Waals surface area contributed by atoms with Crippen molar-refractivity contribution in [1.82, 2.24) is 4.98 Å². The molecule has 6 heteroatoms. The summed E-state index contributed by atoms with van der Waals surface area (Å²) in [5.74, 6) is -0.110. The summed E-state index contributed by atoms with van der Waals surface area (Å²) in [5, 5.41) is 0.723. The average Bonchev–Trinajstić information content (AvgIpc) is 2.97. The standard InChI is InChI=1S/C17H21ClN2O3/c1-3-11-9-15-14(10-13(11)18)19-17(23-15)20-7-5-12(6-8-20)16(21)22-4-2/h9-10,12H,3-8H2,1-2H3. The number of piperidine rings is 1. The lowest BCUT2D eigenvalue weighted by atomic mass is 9.97. The van der Waals surface area contributed by atoms with Gasteiger partial charge >= 0.3 is 5.97 Å². The fourth-order valence-electron chi connectivity index (χ4n) is 2.95. The van der Waals surface area contributed by atoms with Crippen LogP contribution in [0.5, 0.6) is 0 Å². The second kappa shape index (κ2) is 6.79. The quantitative estimate of drug-likeness (QED) is 0.794. The van der Waals surface area contributed by atoms with Crippen LogP contribution in [-0.4, -0.2) is 30.6 Å². The number of aryl methyl sites for hydroxylation is 1. The van der Waals surface area contributed by atoms with Crippen molar-refractivity contribution in [2.75, 3.05) is 24.6 Å². The van der Waals surface area contributed by atoms with Gasteiger partial charge < -0.3 is 14.1 Å². The van der Waals surface area contributed by atoms with Crippen molar-refractivity contribution in [1.29, 1.82) is 0 Å². The van der Waals surface area contributed by atoms with E-state index in [1.807, 2.05) is 19.1 Å².